The Balaban J connectivity index is 3.01. The summed E-state index contributed by atoms with van der Waals surface area (Å²) in [5.41, 5.74) is 5.21. The van der Waals surface area contributed by atoms with E-state index in [1.807, 2.05) is 0 Å². The van der Waals surface area contributed by atoms with Gasteiger partial charge in [-0.05, 0) is 22.0 Å². The third-order valence-corrected chi connectivity index (χ3v) is 2.55. The third-order valence-electron chi connectivity index (χ3n) is 0.913. The first-order chi connectivity index (χ1) is 4.24. The van der Waals surface area contributed by atoms with E-state index in [2.05, 4.69) is 15.9 Å². The fraction of sp³-hybridized carbons (Fsp3) is 0.200. The van der Waals surface area contributed by atoms with Crippen LogP contribution in [0.3, 0.4) is 0 Å². The molecule has 2 N–H and O–H groups in total. The van der Waals surface area contributed by atoms with Gasteiger partial charge >= 0.3 is 0 Å². The molecule has 0 atom stereocenters. The molecule has 0 radical (unpaired) electrons. The lowest BCUT2D eigenvalue weighted by molar-refractivity contribution is 0.618. The second-order valence-electron chi connectivity index (χ2n) is 1.53. The van der Waals surface area contributed by atoms with E-state index >= 15 is 0 Å². The average Bonchev–Trinajstić information content (AvgIpc) is 2.10. The van der Waals surface area contributed by atoms with Crippen LogP contribution in [0.5, 0.6) is 0 Å². The van der Waals surface area contributed by atoms with Crippen LogP contribution in [0.1, 0.15) is 4.88 Å². The lowest BCUT2D eigenvalue weighted by Gasteiger charge is -1.84. The molecule has 50 valence electrons. The van der Waals surface area contributed by atoms with Gasteiger partial charge in [0, 0.05) is 6.54 Å². The maximum atomic E-state index is 12.5. The molecule has 0 unspecified atom stereocenters. The van der Waals surface area contributed by atoms with Crippen LogP contribution >= 0.6 is 27.3 Å². The Morgan fingerprint density at radius 3 is 2.67 bits per heavy atom. The fourth-order valence-corrected chi connectivity index (χ4v) is 1.94. The zero-order valence-corrected chi connectivity index (χ0v) is 6.93. The Hall–Kier alpha value is 0.0700. The van der Waals surface area contributed by atoms with Crippen LogP contribution in [0.2, 0.25) is 0 Å². The molecule has 0 amide bonds. The molecule has 0 aromatic carbocycles. The molecular formula is C5H5BrFNS. The number of thiophene rings is 1. The number of hydrogen-bond acceptors (Lipinski definition) is 2. The number of hydrogen-bond donors (Lipinski definition) is 1. The number of rotatable bonds is 1. The highest BCUT2D eigenvalue weighted by molar-refractivity contribution is 9.11. The van der Waals surface area contributed by atoms with E-state index in [0.29, 0.717) is 4.88 Å². The van der Waals surface area contributed by atoms with Gasteiger partial charge in [-0.15, -0.1) is 11.3 Å². The molecular weight excluding hydrogens is 205 g/mol. The SMILES string of the molecule is NCc1sc(Br)cc1F. The van der Waals surface area contributed by atoms with Gasteiger partial charge in [0.05, 0.1) is 8.66 Å². The van der Waals surface area contributed by atoms with Crippen LogP contribution in [0.25, 0.3) is 0 Å². The largest absolute Gasteiger partial charge is 0.326 e. The van der Waals surface area contributed by atoms with Crippen LogP contribution in [0, 0.1) is 5.82 Å². The molecule has 1 aromatic heterocycles. The van der Waals surface area contributed by atoms with Gasteiger partial charge in [0.25, 0.3) is 0 Å². The van der Waals surface area contributed by atoms with E-state index in [1.54, 1.807) is 0 Å². The van der Waals surface area contributed by atoms with E-state index in [9.17, 15) is 4.39 Å². The molecule has 0 aliphatic rings. The van der Waals surface area contributed by atoms with Crippen molar-refractivity contribution in [1.82, 2.24) is 0 Å². The average molecular weight is 210 g/mol. The van der Waals surface area contributed by atoms with Crippen LogP contribution < -0.4 is 5.73 Å². The lowest BCUT2D eigenvalue weighted by Crippen LogP contribution is -1.94. The molecule has 1 rings (SSSR count). The molecule has 0 aliphatic heterocycles. The van der Waals surface area contributed by atoms with E-state index in [-0.39, 0.29) is 12.4 Å². The van der Waals surface area contributed by atoms with E-state index < -0.39 is 0 Å². The van der Waals surface area contributed by atoms with Crippen LogP contribution in [-0.2, 0) is 6.54 Å². The fourth-order valence-electron chi connectivity index (χ4n) is 0.515. The molecule has 0 aliphatic carbocycles. The van der Waals surface area contributed by atoms with E-state index in [0.717, 1.165) is 3.79 Å². The minimum atomic E-state index is -0.214. The Morgan fingerprint density at radius 2 is 2.44 bits per heavy atom. The van der Waals surface area contributed by atoms with Gasteiger partial charge in [0.15, 0.2) is 0 Å². The van der Waals surface area contributed by atoms with Crippen molar-refractivity contribution in [3.8, 4) is 0 Å². The van der Waals surface area contributed by atoms with Crippen molar-refractivity contribution in [1.29, 1.82) is 0 Å². The van der Waals surface area contributed by atoms with Gasteiger partial charge in [-0.2, -0.15) is 0 Å². The molecule has 1 nitrogen and oxygen atoms in total. The topological polar surface area (TPSA) is 26.0 Å². The maximum absolute atomic E-state index is 12.5. The Kier molecular flexibility index (Phi) is 2.21. The summed E-state index contributed by atoms with van der Waals surface area (Å²) in [5.74, 6) is -0.214. The van der Waals surface area contributed by atoms with E-state index in [4.69, 9.17) is 5.73 Å². The van der Waals surface area contributed by atoms with Crippen molar-refractivity contribution in [3.05, 3.63) is 20.5 Å². The molecule has 1 heterocycles. The smallest absolute Gasteiger partial charge is 0.139 e. The van der Waals surface area contributed by atoms with Crippen LogP contribution in [0.15, 0.2) is 9.85 Å². The minimum absolute atomic E-state index is 0.214. The van der Waals surface area contributed by atoms with Gasteiger partial charge in [-0.1, -0.05) is 0 Å². The normalized spacial score (nSPS) is 10.1. The molecule has 9 heavy (non-hydrogen) atoms. The van der Waals surface area contributed by atoms with Gasteiger partial charge in [0.2, 0.25) is 0 Å². The monoisotopic (exact) mass is 209 g/mol. The van der Waals surface area contributed by atoms with Crippen LogP contribution in [0.4, 0.5) is 4.39 Å². The zero-order chi connectivity index (χ0) is 6.85. The molecule has 0 saturated heterocycles. The van der Waals surface area contributed by atoms with Crippen molar-refractivity contribution >= 4 is 27.3 Å². The van der Waals surface area contributed by atoms with E-state index in [1.165, 1.54) is 17.4 Å². The maximum Gasteiger partial charge on any atom is 0.139 e. The van der Waals surface area contributed by atoms with Crippen molar-refractivity contribution in [2.24, 2.45) is 5.73 Å². The van der Waals surface area contributed by atoms with Crippen molar-refractivity contribution in [2.45, 2.75) is 6.54 Å². The summed E-state index contributed by atoms with van der Waals surface area (Å²) in [5, 5.41) is 0. The summed E-state index contributed by atoms with van der Waals surface area (Å²) in [6.45, 7) is 0.280. The molecule has 0 fully saturated rings. The zero-order valence-electron chi connectivity index (χ0n) is 4.53. The molecule has 0 spiro atoms. The highest BCUT2D eigenvalue weighted by Gasteiger charge is 2.03. The summed E-state index contributed by atoms with van der Waals surface area (Å²) in [6, 6.07) is 1.42. The highest BCUT2D eigenvalue weighted by Crippen LogP contribution is 2.24. The van der Waals surface area contributed by atoms with Gasteiger partial charge < -0.3 is 5.73 Å². The molecule has 4 heteroatoms. The first-order valence-corrected chi connectivity index (χ1v) is 3.98. The molecule has 1 aromatic rings. The standard InChI is InChI=1S/C5H5BrFNS/c6-5-1-3(7)4(2-8)9-5/h1H,2,8H2. The Morgan fingerprint density at radius 1 is 1.78 bits per heavy atom. The summed E-state index contributed by atoms with van der Waals surface area (Å²) in [7, 11) is 0. The second kappa shape index (κ2) is 2.77. The first-order valence-electron chi connectivity index (χ1n) is 2.38. The Bertz CT molecular complexity index is 211. The lowest BCUT2D eigenvalue weighted by atomic mass is 10.4. The second-order valence-corrected chi connectivity index (χ2v) is 4.04. The highest BCUT2D eigenvalue weighted by atomic mass is 79.9. The Labute approximate surface area is 64.8 Å². The predicted octanol–water partition coefficient (Wildman–Crippen LogP) is 2.11. The van der Waals surface area contributed by atoms with Crippen molar-refractivity contribution in [3.63, 3.8) is 0 Å². The predicted molar refractivity (Wildman–Crippen MR) is 39.9 cm³/mol. The molecule has 0 bridgehead atoms. The minimum Gasteiger partial charge on any atom is -0.326 e. The van der Waals surface area contributed by atoms with Gasteiger partial charge in [-0.3, -0.25) is 0 Å². The number of nitrogens with two attached hydrogens (primary N) is 1. The summed E-state index contributed by atoms with van der Waals surface area (Å²) >= 11 is 4.48. The van der Waals surface area contributed by atoms with Crippen molar-refractivity contribution in [2.75, 3.05) is 0 Å². The van der Waals surface area contributed by atoms with Crippen LogP contribution in [-0.4, -0.2) is 0 Å². The number of halogens is 2. The third kappa shape index (κ3) is 1.50. The van der Waals surface area contributed by atoms with Crippen molar-refractivity contribution < 1.29 is 4.39 Å². The summed E-state index contributed by atoms with van der Waals surface area (Å²) in [4.78, 5) is 0.599. The van der Waals surface area contributed by atoms with Gasteiger partial charge in [0.1, 0.15) is 5.82 Å². The molecule has 0 saturated carbocycles. The quantitative estimate of drug-likeness (QED) is 0.754. The van der Waals surface area contributed by atoms with Gasteiger partial charge in [-0.25, -0.2) is 4.39 Å². The summed E-state index contributed by atoms with van der Waals surface area (Å²) < 4.78 is 13.3. The first kappa shape index (κ1) is 7.18. The summed E-state index contributed by atoms with van der Waals surface area (Å²) in [6.07, 6.45) is 0.